The summed E-state index contributed by atoms with van der Waals surface area (Å²) >= 11 is 0. The van der Waals surface area contributed by atoms with Gasteiger partial charge in [-0.25, -0.2) is 9.97 Å². The summed E-state index contributed by atoms with van der Waals surface area (Å²) in [5.74, 6) is 2.08. The zero-order chi connectivity index (χ0) is 24.4. The van der Waals surface area contributed by atoms with Gasteiger partial charge in [-0.15, -0.1) is 0 Å². The van der Waals surface area contributed by atoms with Crippen molar-refractivity contribution in [3.63, 3.8) is 0 Å². The molecule has 0 unspecified atom stereocenters. The molecule has 9 heteroatoms. The molecule has 1 aliphatic heterocycles. The van der Waals surface area contributed by atoms with E-state index in [4.69, 9.17) is 15.5 Å². The fourth-order valence-electron chi connectivity index (χ4n) is 4.47. The Labute approximate surface area is 201 Å². The molecule has 4 aromatic rings. The molecule has 3 heterocycles. The van der Waals surface area contributed by atoms with Crippen molar-refractivity contribution in [2.24, 2.45) is 0 Å². The number of anilines is 1. The van der Waals surface area contributed by atoms with E-state index in [1.807, 2.05) is 34.9 Å². The topological polar surface area (TPSA) is 77.5 Å². The highest BCUT2D eigenvalue weighted by Crippen LogP contribution is 2.33. The first-order valence-electron chi connectivity index (χ1n) is 11.7. The number of halogens is 3. The Morgan fingerprint density at radius 3 is 2.54 bits per heavy atom. The predicted molar refractivity (Wildman–Crippen MR) is 128 cm³/mol. The summed E-state index contributed by atoms with van der Waals surface area (Å²) in [7, 11) is 0. The lowest BCUT2D eigenvalue weighted by Crippen LogP contribution is -2.15. The Bertz CT molecular complexity index is 1290. The van der Waals surface area contributed by atoms with Crippen LogP contribution >= 0.6 is 0 Å². The highest BCUT2D eigenvalue weighted by atomic mass is 19.4. The Balaban J connectivity index is 1.24. The first kappa shape index (κ1) is 23.2. The number of nitrogens with two attached hydrogens (primary N) is 1. The van der Waals surface area contributed by atoms with Gasteiger partial charge in [0.1, 0.15) is 28.6 Å². The van der Waals surface area contributed by atoms with Gasteiger partial charge in [-0.05, 0) is 74.2 Å². The van der Waals surface area contributed by atoms with E-state index in [0.29, 0.717) is 31.0 Å². The van der Waals surface area contributed by atoms with Crippen molar-refractivity contribution in [1.82, 2.24) is 19.7 Å². The summed E-state index contributed by atoms with van der Waals surface area (Å²) in [5, 5.41) is 3.49. The van der Waals surface area contributed by atoms with Crippen molar-refractivity contribution in [3.8, 4) is 17.0 Å². The lowest BCUT2D eigenvalue weighted by molar-refractivity contribution is -0.137. The molecular weight excluding hydrogens is 455 g/mol. The molecule has 1 fully saturated rings. The van der Waals surface area contributed by atoms with Crippen LogP contribution in [0, 0.1) is 0 Å². The number of nitrogens with one attached hydrogen (secondary N) is 1. The maximum absolute atomic E-state index is 12.7. The average molecular weight is 482 g/mol. The van der Waals surface area contributed by atoms with Crippen molar-refractivity contribution < 1.29 is 17.9 Å². The van der Waals surface area contributed by atoms with Crippen molar-refractivity contribution in [2.75, 3.05) is 18.9 Å². The molecular formula is C26H26F3N5O. The van der Waals surface area contributed by atoms with Crippen LogP contribution in [-0.4, -0.2) is 27.5 Å². The fraction of sp³-hybridized carbons (Fsp3) is 0.308. The summed E-state index contributed by atoms with van der Waals surface area (Å²) in [6.07, 6.45) is 2.74. The molecule has 1 atom stereocenters. The molecule has 1 aliphatic rings. The molecule has 0 aliphatic carbocycles. The smallest absolute Gasteiger partial charge is 0.416 e. The number of hydrogen-bond acceptors (Lipinski definition) is 5. The molecule has 5 rings (SSSR count). The third-order valence-corrected chi connectivity index (χ3v) is 6.27. The summed E-state index contributed by atoms with van der Waals surface area (Å²) < 4.78 is 45.9. The molecule has 1 saturated heterocycles. The number of hydrogen-bond donors (Lipinski definition) is 2. The summed E-state index contributed by atoms with van der Waals surface area (Å²) in [6, 6.07) is 13.1. The van der Waals surface area contributed by atoms with Crippen molar-refractivity contribution in [2.45, 2.75) is 37.9 Å². The molecule has 3 N–H and O–H groups in total. The Morgan fingerprint density at radius 1 is 1.09 bits per heavy atom. The minimum atomic E-state index is -4.31. The number of rotatable bonds is 7. The molecule has 6 nitrogen and oxygen atoms in total. The van der Waals surface area contributed by atoms with Gasteiger partial charge in [0.15, 0.2) is 0 Å². The molecule has 182 valence electrons. The fourth-order valence-corrected chi connectivity index (χ4v) is 4.47. The number of ether oxygens (including phenoxy) is 1. The van der Waals surface area contributed by atoms with E-state index < -0.39 is 11.7 Å². The Kier molecular flexibility index (Phi) is 6.34. The monoisotopic (exact) mass is 481 g/mol. The van der Waals surface area contributed by atoms with Gasteiger partial charge in [-0.2, -0.15) is 13.2 Å². The lowest BCUT2D eigenvalue weighted by atomic mass is 10.1. The van der Waals surface area contributed by atoms with E-state index >= 15 is 0 Å². The molecule has 0 spiro atoms. The Morgan fingerprint density at radius 2 is 1.86 bits per heavy atom. The van der Waals surface area contributed by atoms with Crippen LogP contribution in [0.1, 0.15) is 42.3 Å². The number of aryl methyl sites for hydroxylation is 1. The second-order valence-electron chi connectivity index (χ2n) is 8.67. The second kappa shape index (κ2) is 9.58. The molecule has 0 radical (unpaired) electrons. The largest absolute Gasteiger partial charge is 0.494 e. The zero-order valence-corrected chi connectivity index (χ0v) is 19.1. The van der Waals surface area contributed by atoms with E-state index in [-0.39, 0.29) is 6.04 Å². The third kappa shape index (κ3) is 4.95. The number of aromatic nitrogens is 3. The van der Waals surface area contributed by atoms with E-state index in [1.165, 1.54) is 12.1 Å². The highest BCUT2D eigenvalue weighted by molar-refractivity contribution is 5.85. The van der Waals surface area contributed by atoms with Crippen LogP contribution < -0.4 is 15.8 Å². The van der Waals surface area contributed by atoms with Crippen LogP contribution in [0.15, 0.2) is 60.9 Å². The average Bonchev–Trinajstić information content (AvgIpc) is 3.51. The van der Waals surface area contributed by atoms with Crippen molar-refractivity contribution in [1.29, 1.82) is 0 Å². The van der Waals surface area contributed by atoms with Gasteiger partial charge in [-0.3, -0.25) is 4.40 Å². The van der Waals surface area contributed by atoms with E-state index in [2.05, 4.69) is 10.3 Å². The number of fused-ring (bicyclic) bond motifs is 1. The molecule has 0 bridgehead atoms. The summed E-state index contributed by atoms with van der Waals surface area (Å²) in [5.41, 5.74) is 8.94. The van der Waals surface area contributed by atoms with Gasteiger partial charge in [0, 0.05) is 18.0 Å². The number of nitrogen functional groups attached to an aromatic ring is 1. The lowest BCUT2D eigenvalue weighted by Gasteiger charge is -2.09. The van der Waals surface area contributed by atoms with E-state index in [0.717, 1.165) is 59.7 Å². The normalized spacial score (nSPS) is 16.1. The van der Waals surface area contributed by atoms with Crippen LogP contribution in [0.5, 0.6) is 5.75 Å². The van der Waals surface area contributed by atoms with Gasteiger partial charge in [0.25, 0.3) is 0 Å². The first-order valence-corrected chi connectivity index (χ1v) is 11.7. The van der Waals surface area contributed by atoms with Crippen LogP contribution in [0.4, 0.5) is 19.0 Å². The number of nitrogens with zero attached hydrogens (tertiary/aromatic N) is 3. The van der Waals surface area contributed by atoms with E-state index in [1.54, 1.807) is 6.20 Å². The standard InChI is InChI=1S/C26H26F3N5O/c27-26(28,29)19-9-5-17(6-10-19)3-2-16-35-20-11-7-18(8-12-20)22-23-24(30)32-14-15-34(23)25(33-22)21-4-1-13-31-21/h5-12,14-15,21,31H,1-4,13,16H2,(H2,30,32)/t21-/m0/s1. The minimum absolute atomic E-state index is 0.185. The maximum Gasteiger partial charge on any atom is 0.416 e. The van der Waals surface area contributed by atoms with Crippen LogP contribution in [0.3, 0.4) is 0 Å². The number of imidazole rings is 1. The quantitative estimate of drug-likeness (QED) is 0.344. The molecule has 2 aromatic carbocycles. The van der Waals surface area contributed by atoms with Gasteiger partial charge < -0.3 is 15.8 Å². The number of alkyl halides is 3. The third-order valence-electron chi connectivity index (χ3n) is 6.27. The molecule has 35 heavy (non-hydrogen) atoms. The SMILES string of the molecule is Nc1nccn2c([C@@H]3CCCN3)nc(-c3ccc(OCCCc4ccc(C(F)(F)F)cc4)cc3)c12. The van der Waals surface area contributed by atoms with Crippen molar-refractivity contribution in [3.05, 3.63) is 77.9 Å². The van der Waals surface area contributed by atoms with E-state index in [9.17, 15) is 13.2 Å². The van der Waals surface area contributed by atoms with Gasteiger partial charge in [-0.1, -0.05) is 12.1 Å². The van der Waals surface area contributed by atoms with Gasteiger partial charge in [0.2, 0.25) is 0 Å². The molecule has 0 amide bonds. The molecule has 0 saturated carbocycles. The first-order chi connectivity index (χ1) is 16.9. The van der Waals surface area contributed by atoms with Gasteiger partial charge in [0.05, 0.1) is 18.2 Å². The summed E-state index contributed by atoms with van der Waals surface area (Å²) in [4.78, 5) is 9.19. The van der Waals surface area contributed by atoms with Crippen LogP contribution in [0.2, 0.25) is 0 Å². The number of benzene rings is 2. The van der Waals surface area contributed by atoms with Crippen LogP contribution in [0.25, 0.3) is 16.8 Å². The molecule has 2 aromatic heterocycles. The van der Waals surface area contributed by atoms with Crippen LogP contribution in [-0.2, 0) is 12.6 Å². The van der Waals surface area contributed by atoms with Gasteiger partial charge >= 0.3 is 6.18 Å². The second-order valence-corrected chi connectivity index (χ2v) is 8.67. The predicted octanol–water partition coefficient (Wildman–Crippen LogP) is 5.43. The highest BCUT2D eigenvalue weighted by Gasteiger charge is 2.30. The zero-order valence-electron chi connectivity index (χ0n) is 19.1. The maximum atomic E-state index is 12.7. The minimum Gasteiger partial charge on any atom is -0.494 e. The summed E-state index contributed by atoms with van der Waals surface area (Å²) in [6.45, 7) is 1.43. The Hall–Kier alpha value is -3.59. The van der Waals surface area contributed by atoms with Crippen molar-refractivity contribution >= 4 is 11.3 Å².